The number of esters is 1. The second-order valence-electron chi connectivity index (χ2n) is 5.16. The zero-order chi connectivity index (χ0) is 15.6. The molecule has 0 aromatic rings. The first-order valence-corrected chi connectivity index (χ1v) is 6.70. The zero-order valence-electron chi connectivity index (χ0n) is 11.8. The molecule has 2 rings (SSSR count). The van der Waals surface area contributed by atoms with Crippen LogP contribution in [-0.2, 0) is 23.9 Å². The molecule has 0 radical (unpaired) electrons. The highest BCUT2D eigenvalue weighted by atomic mass is 16.6. The molecule has 2 aliphatic rings. The summed E-state index contributed by atoms with van der Waals surface area (Å²) in [6, 6.07) is 0. The Morgan fingerprint density at radius 3 is 2.76 bits per heavy atom. The quantitative estimate of drug-likeness (QED) is 0.483. The van der Waals surface area contributed by atoms with Gasteiger partial charge in [-0.05, 0) is 31.9 Å². The number of carbonyl (C=O) groups is 3. The molecule has 112 valence electrons. The number of Topliss-reactive ketones (excluding diaryl/α,β-unsaturated/α-hetero) is 1. The van der Waals surface area contributed by atoms with Crippen LogP contribution in [0.25, 0.3) is 0 Å². The lowest BCUT2D eigenvalue weighted by atomic mass is 10.00. The fourth-order valence-electron chi connectivity index (χ4n) is 2.20. The molecule has 0 aliphatic carbocycles. The fourth-order valence-corrected chi connectivity index (χ4v) is 2.20. The van der Waals surface area contributed by atoms with Crippen LogP contribution in [0.3, 0.4) is 0 Å². The second-order valence-corrected chi connectivity index (χ2v) is 5.16. The predicted molar refractivity (Wildman–Crippen MR) is 72.0 cm³/mol. The van der Waals surface area contributed by atoms with E-state index in [1.54, 1.807) is 12.2 Å². The van der Waals surface area contributed by atoms with Crippen LogP contribution in [0, 0.1) is 0 Å². The summed E-state index contributed by atoms with van der Waals surface area (Å²) in [4.78, 5) is 34.3. The largest absolute Gasteiger partial charge is 0.482 e. The Morgan fingerprint density at radius 2 is 2.14 bits per heavy atom. The zero-order valence-corrected chi connectivity index (χ0v) is 11.8. The van der Waals surface area contributed by atoms with Gasteiger partial charge < -0.3 is 14.6 Å². The van der Waals surface area contributed by atoms with Gasteiger partial charge >= 0.3 is 11.9 Å². The van der Waals surface area contributed by atoms with Crippen LogP contribution in [0.5, 0.6) is 0 Å². The molecule has 0 aromatic heterocycles. The third-order valence-electron chi connectivity index (χ3n) is 3.32. The lowest BCUT2D eigenvalue weighted by Gasteiger charge is -2.22. The van der Waals surface area contributed by atoms with Crippen LogP contribution >= 0.6 is 0 Å². The molecular formula is C15H16O6. The molecule has 0 aromatic carbocycles. The lowest BCUT2D eigenvalue weighted by Crippen LogP contribution is -2.22. The maximum absolute atomic E-state index is 12.0. The van der Waals surface area contributed by atoms with Crippen LogP contribution in [0.2, 0.25) is 0 Å². The number of aliphatic carboxylic acids is 1. The van der Waals surface area contributed by atoms with Gasteiger partial charge in [0.25, 0.3) is 0 Å². The fraction of sp³-hybridized carbons (Fsp3) is 0.400. The molecule has 0 amide bonds. The van der Waals surface area contributed by atoms with Crippen molar-refractivity contribution >= 4 is 17.7 Å². The Hall–Kier alpha value is -2.37. The van der Waals surface area contributed by atoms with Crippen LogP contribution in [-0.4, -0.2) is 28.4 Å². The van der Waals surface area contributed by atoms with E-state index in [2.05, 4.69) is 11.7 Å². The average molecular weight is 292 g/mol. The summed E-state index contributed by atoms with van der Waals surface area (Å²) in [5.74, 6) is -3.35. The number of carbonyl (C=O) groups excluding carboxylic acids is 2. The number of carboxylic acids is 1. The Labute approximate surface area is 121 Å². The van der Waals surface area contributed by atoms with Gasteiger partial charge in [-0.1, -0.05) is 13.3 Å². The first kappa shape index (κ1) is 15.0. The first-order valence-electron chi connectivity index (χ1n) is 6.70. The van der Waals surface area contributed by atoms with Crippen LogP contribution < -0.4 is 0 Å². The molecular weight excluding hydrogens is 276 g/mol. The number of cyclic esters (lactones) is 1. The molecule has 1 unspecified atom stereocenters. The van der Waals surface area contributed by atoms with E-state index < -0.39 is 29.1 Å². The van der Waals surface area contributed by atoms with Gasteiger partial charge in [0.2, 0.25) is 5.78 Å². The van der Waals surface area contributed by atoms with Gasteiger partial charge in [-0.2, -0.15) is 0 Å². The number of ether oxygens (including phenoxy) is 2. The average Bonchev–Trinajstić information content (AvgIpc) is 2.89. The number of unbranched alkanes of at least 4 members (excludes halogenated alkanes) is 1. The molecule has 2 aliphatic heterocycles. The predicted octanol–water partition coefficient (Wildman–Crippen LogP) is 1.87. The number of allylic oxidation sites excluding steroid dienone is 2. The molecule has 1 atom stereocenters. The van der Waals surface area contributed by atoms with Crippen molar-refractivity contribution in [2.75, 3.05) is 0 Å². The molecule has 0 spiro atoms. The highest BCUT2D eigenvalue weighted by molar-refractivity contribution is 6.29. The van der Waals surface area contributed by atoms with E-state index in [0.29, 0.717) is 6.08 Å². The SMILES string of the molecule is CCCCC1(C)C=C/C(=C2/C(=O)O/C(=C\C(=O)O)C2=O)O1. The minimum absolute atomic E-state index is 0.136. The number of carboxylic acid groups (broad SMARTS) is 1. The van der Waals surface area contributed by atoms with Crippen LogP contribution in [0.4, 0.5) is 0 Å². The monoisotopic (exact) mass is 292 g/mol. The molecule has 1 saturated heterocycles. The van der Waals surface area contributed by atoms with Gasteiger partial charge in [-0.25, -0.2) is 9.59 Å². The highest BCUT2D eigenvalue weighted by Crippen LogP contribution is 2.34. The van der Waals surface area contributed by atoms with Crippen molar-refractivity contribution in [1.82, 2.24) is 0 Å². The van der Waals surface area contributed by atoms with Crippen molar-refractivity contribution in [3.05, 3.63) is 35.3 Å². The standard InChI is InChI=1S/C15H16O6/c1-3-4-6-15(2)7-5-9(21-15)12-13(18)10(8-11(16)17)20-14(12)19/h5,7-8H,3-4,6H2,1-2H3,(H,16,17)/b10-8-,12-9-. The van der Waals surface area contributed by atoms with Crippen molar-refractivity contribution in [1.29, 1.82) is 0 Å². The van der Waals surface area contributed by atoms with Crippen molar-refractivity contribution in [2.24, 2.45) is 0 Å². The third-order valence-corrected chi connectivity index (χ3v) is 3.32. The maximum atomic E-state index is 12.0. The normalized spacial score (nSPS) is 29.9. The van der Waals surface area contributed by atoms with Gasteiger partial charge in [-0.15, -0.1) is 0 Å². The molecule has 1 fully saturated rings. The van der Waals surface area contributed by atoms with Crippen molar-refractivity contribution in [2.45, 2.75) is 38.7 Å². The van der Waals surface area contributed by atoms with Crippen LogP contribution in [0.1, 0.15) is 33.1 Å². The summed E-state index contributed by atoms with van der Waals surface area (Å²) in [5, 5.41) is 8.63. The lowest BCUT2D eigenvalue weighted by molar-refractivity contribution is -0.133. The molecule has 6 heteroatoms. The van der Waals surface area contributed by atoms with E-state index in [1.807, 2.05) is 6.92 Å². The van der Waals surface area contributed by atoms with Gasteiger partial charge in [0.05, 0.1) is 6.08 Å². The number of ketones is 1. The van der Waals surface area contributed by atoms with E-state index in [1.165, 1.54) is 0 Å². The summed E-state index contributed by atoms with van der Waals surface area (Å²) in [6.07, 6.45) is 6.65. The number of hydrogen-bond acceptors (Lipinski definition) is 5. The number of hydrogen-bond donors (Lipinski definition) is 1. The maximum Gasteiger partial charge on any atom is 0.351 e. The van der Waals surface area contributed by atoms with Crippen molar-refractivity contribution < 1.29 is 29.0 Å². The molecule has 0 saturated carbocycles. The summed E-state index contributed by atoms with van der Waals surface area (Å²) in [5.41, 5.74) is -0.808. The Morgan fingerprint density at radius 1 is 1.43 bits per heavy atom. The van der Waals surface area contributed by atoms with E-state index in [0.717, 1.165) is 19.3 Å². The highest BCUT2D eigenvalue weighted by Gasteiger charge is 2.41. The van der Waals surface area contributed by atoms with Crippen LogP contribution in [0.15, 0.2) is 35.3 Å². The molecule has 1 N–H and O–H groups in total. The molecule has 2 heterocycles. The van der Waals surface area contributed by atoms with E-state index in [4.69, 9.17) is 9.84 Å². The Kier molecular flexibility index (Phi) is 3.97. The molecule has 6 nitrogen and oxygen atoms in total. The third kappa shape index (κ3) is 3.04. The minimum atomic E-state index is -1.35. The van der Waals surface area contributed by atoms with E-state index in [9.17, 15) is 14.4 Å². The summed E-state index contributed by atoms with van der Waals surface area (Å²) < 4.78 is 10.4. The smallest absolute Gasteiger partial charge is 0.351 e. The second kappa shape index (κ2) is 5.55. The Bertz CT molecular complexity index is 595. The van der Waals surface area contributed by atoms with Crippen molar-refractivity contribution in [3.8, 4) is 0 Å². The van der Waals surface area contributed by atoms with Gasteiger partial charge in [-0.3, -0.25) is 4.79 Å². The summed E-state index contributed by atoms with van der Waals surface area (Å²) >= 11 is 0. The Balaban J connectivity index is 2.26. The van der Waals surface area contributed by atoms with Crippen molar-refractivity contribution in [3.63, 3.8) is 0 Å². The van der Waals surface area contributed by atoms with Gasteiger partial charge in [0.15, 0.2) is 11.3 Å². The first-order chi connectivity index (χ1) is 9.86. The van der Waals surface area contributed by atoms with Gasteiger partial charge in [0, 0.05) is 0 Å². The summed E-state index contributed by atoms with van der Waals surface area (Å²) in [7, 11) is 0. The molecule has 21 heavy (non-hydrogen) atoms. The topological polar surface area (TPSA) is 89.9 Å². The number of rotatable bonds is 4. The molecule has 0 bridgehead atoms. The minimum Gasteiger partial charge on any atom is -0.482 e. The summed E-state index contributed by atoms with van der Waals surface area (Å²) in [6.45, 7) is 3.92. The van der Waals surface area contributed by atoms with E-state index >= 15 is 0 Å². The van der Waals surface area contributed by atoms with Gasteiger partial charge in [0.1, 0.15) is 11.4 Å². The van der Waals surface area contributed by atoms with E-state index in [-0.39, 0.29) is 11.3 Å².